The van der Waals surface area contributed by atoms with E-state index in [2.05, 4.69) is 32.0 Å². The van der Waals surface area contributed by atoms with Gasteiger partial charge < -0.3 is 19.0 Å². The predicted molar refractivity (Wildman–Crippen MR) is 79.0 cm³/mol. The Labute approximate surface area is 117 Å². The van der Waals surface area contributed by atoms with Crippen LogP contribution in [0.1, 0.15) is 20.8 Å². The lowest BCUT2D eigenvalue weighted by Gasteiger charge is -2.29. The predicted octanol–water partition coefficient (Wildman–Crippen LogP) is 3.17. The van der Waals surface area contributed by atoms with Crippen LogP contribution < -0.4 is 0 Å². The molecule has 1 N–H and O–H groups in total. The highest BCUT2D eigenvalue weighted by Gasteiger charge is 2.33. The lowest BCUT2D eigenvalue weighted by Crippen LogP contribution is -2.33. The molecule has 0 fully saturated rings. The minimum absolute atomic E-state index is 0.0369. The van der Waals surface area contributed by atoms with Crippen molar-refractivity contribution in [3.63, 3.8) is 0 Å². The molecule has 0 aliphatic heterocycles. The van der Waals surface area contributed by atoms with Gasteiger partial charge in [-0.1, -0.05) is 12.3 Å². The minimum atomic E-state index is -1.71. The van der Waals surface area contributed by atoms with Crippen LogP contribution in [0.25, 0.3) is 0 Å². The summed E-state index contributed by atoms with van der Waals surface area (Å²) in [6.07, 6.45) is 0. The van der Waals surface area contributed by atoms with E-state index in [1.807, 2.05) is 13.8 Å². The van der Waals surface area contributed by atoms with Crippen LogP contribution in [0.2, 0.25) is 19.6 Å². The maximum Gasteiger partial charge on any atom is 0.241 e. The largest absolute Gasteiger partial charge is 0.547 e. The van der Waals surface area contributed by atoms with Gasteiger partial charge in [0.1, 0.15) is 0 Å². The van der Waals surface area contributed by atoms with E-state index in [4.69, 9.17) is 13.9 Å². The lowest BCUT2D eigenvalue weighted by molar-refractivity contribution is -0.0355. The van der Waals surface area contributed by atoms with Gasteiger partial charge in [-0.05, 0) is 40.4 Å². The number of allylic oxidation sites excluding steroid dienone is 1. The van der Waals surface area contributed by atoms with Crippen LogP contribution >= 0.6 is 0 Å². The van der Waals surface area contributed by atoms with Crippen molar-refractivity contribution in [2.75, 3.05) is 13.9 Å². The Morgan fingerprint density at radius 3 is 2.21 bits per heavy atom. The minimum Gasteiger partial charge on any atom is -0.547 e. The molecule has 0 heterocycles. The molecule has 5 heteroatoms. The van der Waals surface area contributed by atoms with E-state index < -0.39 is 13.9 Å². The molecule has 1 unspecified atom stereocenters. The van der Waals surface area contributed by atoms with Crippen molar-refractivity contribution in [1.82, 2.24) is 0 Å². The summed E-state index contributed by atoms with van der Waals surface area (Å²) in [6, 6.07) is 0. The molecular formula is C14H26O4Si. The van der Waals surface area contributed by atoms with E-state index in [0.29, 0.717) is 11.3 Å². The summed E-state index contributed by atoms with van der Waals surface area (Å²) in [5.74, 6) is 0.934. The highest BCUT2D eigenvalue weighted by molar-refractivity contribution is 6.70. The Morgan fingerprint density at radius 1 is 1.32 bits per heavy atom. The third-order valence-corrected chi connectivity index (χ3v) is 3.56. The van der Waals surface area contributed by atoms with E-state index in [1.54, 1.807) is 6.92 Å². The molecule has 0 aliphatic carbocycles. The van der Waals surface area contributed by atoms with Crippen molar-refractivity contribution in [2.24, 2.45) is 0 Å². The normalized spacial score (nSPS) is 16.0. The fraction of sp³-hybridized carbons (Fsp3) is 0.643. The molecular weight excluding hydrogens is 260 g/mol. The van der Waals surface area contributed by atoms with E-state index in [-0.39, 0.29) is 12.6 Å². The van der Waals surface area contributed by atoms with Gasteiger partial charge in [-0.3, -0.25) is 0 Å². The smallest absolute Gasteiger partial charge is 0.241 e. The van der Waals surface area contributed by atoms with Crippen LogP contribution in [-0.2, 0) is 13.9 Å². The number of ether oxygens (including phenoxy) is 2. The molecule has 1 atom stereocenters. The molecule has 0 amide bonds. The lowest BCUT2D eigenvalue weighted by atomic mass is 9.94. The van der Waals surface area contributed by atoms with Gasteiger partial charge in [0.25, 0.3) is 0 Å². The van der Waals surface area contributed by atoms with Crippen LogP contribution in [0.3, 0.4) is 0 Å². The number of aliphatic hydroxyl groups is 1. The number of hydrogen-bond acceptors (Lipinski definition) is 4. The molecule has 0 aromatic carbocycles. The van der Waals surface area contributed by atoms with E-state index in [0.717, 1.165) is 0 Å². The summed E-state index contributed by atoms with van der Waals surface area (Å²) in [5.41, 5.74) is 1.97. The topological polar surface area (TPSA) is 47.9 Å². The SMILES string of the molecule is C=C=C(OCOC)C(C)(O)/C(C)=C(/C)O[Si](C)(C)C. The van der Waals surface area contributed by atoms with Gasteiger partial charge in [0, 0.05) is 12.7 Å². The van der Waals surface area contributed by atoms with Gasteiger partial charge in [0.2, 0.25) is 8.32 Å². The van der Waals surface area contributed by atoms with Crippen LogP contribution in [0.15, 0.2) is 29.4 Å². The van der Waals surface area contributed by atoms with Crippen molar-refractivity contribution >= 4 is 8.32 Å². The monoisotopic (exact) mass is 286 g/mol. The van der Waals surface area contributed by atoms with E-state index in [9.17, 15) is 5.11 Å². The summed E-state index contributed by atoms with van der Waals surface area (Å²) in [5, 5.41) is 10.6. The van der Waals surface area contributed by atoms with Crippen molar-refractivity contribution in [3.8, 4) is 0 Å². The molecule has 0 aromatic heterocycles. The molecule has 0 saturated heterocycles. The van der Waals surface area contributed by atoms with Crippen molar-refractivity contribution in [2.45, 2.75) is 46.0 Å². The first-order chi connectivity index (χ1) is 8.56. The fourth-order valence-corrected chi connectivity index (χ4v) is 2.60. The Bertz CT molecular complexity index is 385. The Morgan fingerprint density at radius 2 is 1.84 bits per heavy atom. The second-order valence-corrected chi connectivity index (χ2v) is 9.95. The maximum absolute atomic E-state index is 10.6. The van der Waals surface area contributed by atoms with Gasteiger partial charge in [0.15, 0.2) is 18.2 Å². The molecule has 0 radical (unpaired) electrons. The zero-order chi connectivity index (χ0) is 15.3. The second kappa shape index (κ2) is 6.96. The van der Waals surface area contributed by atoms with Gasteiger partial charge in [-0.2, -0.15) is 0 Å². The van der Waals surface area contributed by atoms with Crippen LogP contribution in [-0.4, -0.2) is 32.9 Å². The van der Waals surface area contributed by atoms with Crippen molar-refractivity contribution < 1.29 is 19.0 Å². The first-order valence-electron chi connectivity index (χ1n) is 6.18. The quantitative estimate of drug-likeness (QED) is 0.338. The first-order valence-corrected chi connectivity index (χ1v) is 9.58. The average molecular weight is 286 g/mol. The third kappa shape index (κ3) is 5.66. The molecule has 0 bridgehead atoms. The zero-order valence-corrected chi connectivity index (χ0v) is 14.1. The summed E-state index contributed by atoms with van der Waals surface area (Å²) in [6.45, 7) is 15.1. The van der Waals surface area contributed by atoms with Crippen molar-refractivity contribution in [1.29, 1.82) is 0 Å². The Kier molecular flexibility index (Phi) is 6.59. The summed E-state index contributed by atoms with van der Waals surface area (Å²) in [7, 11) is -0.200. The third-order valence-electron chi connectivity index (χ3n) is 2.64. The average Bonchev–Trinajstić information content (AvgIpc) is 2.26. The number of rotatable bonds is 7. The standard InChI is InChI=1S/C14H26O4Si/c1-9-13(17-10-16-5)14(4,15)11(2)12(3)18-19(6,7)8/h15H,1,10H2,2-8H3/b12-11-. The molecule has 0 spiro atoms. The number of methoxy groups -OCH3 is 1. The van der Waals surface area contributed by atoms with Crippen LogP contribution in [0.5, 0.6) is 0 Å². The molecule has 0 aromatic rings. The second-order valence-electron chi connectivity index (χ2n) is 5.52. The maximum atomic E-state index is 10.6. The fourth-order valence-electron chi connectivity index (χ4n) is 1.53. The molecule has 0 aliphatic rings. The van der Waals surface area contributed by atoms with E-state index >= 15 is 0 Å². The first kappa shape index (κ1) is 18.0. The zero-order valence-electron chi connectivity index (χ0n) is 13.1. The molecule has 4 nitrogen and oxygen atoms in total. The van der Waals surface area contributed by atoms with Crippen molar-refractivity contribution in [3.05, 3.63) is 29.4 Å². The summed E-state index contributed by atoms with van der Waals surface area (Å²) in [4.78, 5) is 0. The summed E-state index contributed by atoms with van der Waals surface area (Å²) >= 11 is 0. The molecule has 0 saturated carbocycles. The summed E-state index contributed by atoms with van der Waals surface area (Å²) < 4.78 is 16.0. The van der Waals surface area contributed by atoms with E-state index in [1.165, 1.54) is 7.11 Å². The van der Waals surface area contributed by atoms with Crippen LogP contribution in [0.4, 0.5) is 0 Å². The van der Waals surface area contributed by atoms with Gasteiger partial charge >= 0.3 is 0 Å². The molecule has 0 rings (SSSR count). The van der Waals surface area contributed by atoms with Gasteiger partial charge in [-0.15, -0.1) is 0 Å². The highest BCUT2D eigenvalue weighted by atomic mass is 28.4. The molecule has 19 heavy (non-hydrogen) atoms. The Hall–Kier alpha value is -1.00. The van der Waals surface area contributed by atoms with Gasteiger partial charge in [-0.25, -0.2) is 0 Å². The van der Waals surface area contributed by atoms with Crippen LogP contribution in [0, 0.1) is 0 Å². The van der Waals surface area contributed by atoms with Gasteiger partial charge in [0.05, 0.1) is 5.76 Å². The Balaban J connectivity index is 5.27. The highest BCUT2D eigenvalue weighted by Crippen LogP contribution is 2.29. The number of hydrogen-bond donors (Lipinski definition) is 1. The molecule has 110 valence electrons.